The molecule has 1 saturated heterocycles. The lowest BCUT2D eigenvalue weighted by Gasteiger charge is -2.35. The van der Waals surface area contributed by atoms with Gasteiger partial charge in [-0.25, -0.2) is 8.42 Å². The maximum atomic E-state index is 12.7. The molecule has 26 heavy (non-hydrogen) atoms. The molecule has 3 rings (SSSR count). The van der Waals surface area contributed by atoms with Gasteiger partial charge in [0.15, 0.2) is 5.11 Å². The first kappa shape index (κ1) is 18.8. The predicted molar refractivity (Wildman–Crippen MR) is 109 cm³/mol. The van der Waals surface area contributed by atoms with E-state index in [-0.39, 0.29) is 0 Å². The van der Waals surface area contributed by atoms with Gasteiger partial charge < -0.3 is 10.2 Å². The minimum absolute atomic E-state index is 0.338. The molecule has 0 unspecified atom stereocenters. The summed E-state index contributed by atoms with van der Waals surface area (Å²) in [4.78, 5) is 2.36. The average molecular weight is 390 g/mol. The van der Waals surface area contributed by atoms with E-state index in [0.29, 0.717) is 36.2 Å². The van der Waals surface area contributed by atoms with Crippen molar-refractivity contribution >= 4 is 33.0 Å². The van der Waals surface area contributed by atoms with E-state index >= 15 is 0 Å². The van der Waals surface area contributed by atoms with E-state index in [4.69, 9.17) is 12.2 Å². The second-order valence-corrected chi connectivity index (χ2v) is 8.73. The fourth-order valence-corrected chi connectivity index (χ4v) is 4.80. The van der Waals surface area contributed by atoms with Gasteiger partial charge in [-0.15, -0.1) is 0 Å². The number of aryl methyl sites for hydroxylation is 2. The molecule has 5 nitrogen and oxygen atoms in total. The number of benzene rings is 2. The van der Waals surface area contributed by atoms with Crippen LogP contribution in [0.2, 0.25) is 0 Å². The Labute approximate surface area is 160 Å². The fourth-order valence-electron chi connectivity index (χ4n) is 3.07. The van der Waals surface area contributed by atoms with Gasteiger partial charge in [-0.1, -0.05) is 36.4 Å². The zero-order valence-corrected chi connectivity index (χ0v) is 16.6. The molecule has 1 fully saturated rings. The quantitative estimate of drug-likeness (QED) is 0.818. The van der Waals surface area contributed by atoms with Gasteiger partial charge in [0, 0.05) is 31.9 Å². The zero-order valence-electron chi connectivity index (χ0n) is 15.0. The number of rotatable bonds is 3. The highest BCUT2D eigenvalue weighted by atomic mass is 32.2. The summed E-state index contributed by atoms with van der Waals surface area (Å²) >= 11 is 5.55. The summed E-state index contributed by atoms with van der Waals surface area (Å²) in [6.45, 7) is 6.08. The number of sulfonamides is 1. The predicted octanol–water partition coefficient (Wildman–Crippen LogP) is 3.01. The molecular weight excluding hydrogens is 366 g/mol. The molecule has 0 radical (unpaired) electrons. The third-order valence-electron chi connectivity index (χ3n) is 4.62. The van der Waals surface area contributed by atoms with Crippen molar-refractivity contribution < 1.29 is 8.42 Å². The zero-order chi connectivity index (χ0) is 18.7. The summed E-state index contributed by atoms with van der Waals surface area (Å²) in [5, 5.41) is 3.96. The van der Waals surface area contributed by atoms with Crippen molar-refractivity contribution in [3.05, 3.63) is 59.7 Å². The first-order valence-corrected chi connectivity index (χ1v) is 10.4. The Bertz CT molecular complexity index is 870. The van der Waals surface area contributed by atoms with E-state index in [1.807, 2.05) is 43.0 Å². The van der Waals surface area contributed by atoms with Crippen LogP contribution in [0.4, 0.5) is 5.69 Å². The van der Waals surface area contributed by atoms with Gasteiger partial charge in [0.2, 0.25) is 10.0 Å². The SMILES string of the molecule is Cc1cccc(C)c1NC(=S)N1CCN(S(=O)(=O)c2ccccc2)CC1. The van der Waals surface area contributed by atoms with E-state index < -0.39 is 10.0 Å². The maximum Gasteiger partial charge on any atom is 0.243 e. The number of para-hydroxylation sites is 1. The highest BCUT2D eigenvalue weighted by molar-refractivity contribution is 7.89. The summed E-state index contributed by atoms with van der Waals surface area (Å²) in [7, 11) is -3.44. The average Bonchev–Trinajstić information content (AvgIpc) is 2.65. The Kier molecular flexibility index (Phi) is 5.60. The Morgan fingerprint density at radius 1 is 0.923 bits per heavy atom. The van der Waals surface area contributed by atoms with Crippen LogP contribution in [0.25, 0.3) is 0 Å². The molecule has 0 atom stereocenters. The highest BCUT2D eigenvalue weighted by Crippen LogP contribution is 2.21. The van der Waals surface area contributed by atoms with Crippen LogP contribution in [0.3, 0.4) is 0 Å². The van der Waals surface area contributed by atoms with Crippen LogP contribution in [0.15, 0.2) is 53.4 Å². The third-order valence-corrected chi connectivity index (χ3v) is 6.89. The smallest absolute Gasteiger partial charge is 0.243 e. The van der Waals surface area contributed by atoms with Crippen molar-refractivity contribution in [1.82, 2.24) is 9.21 Å². The van der Waals surface area contributed by atoms with Gasteiger partial charge in [-0.05, 0) is 49.3 Å². The molecule has 0 saturated carbocycles. The Balaban J connectivity index is 1.64. The van der Waals surface area contributed by atoms with E-state index in [0.717, 1.165) is 16.8 Å². The molecule has 0 aromatic heterocycles. The van der Waals surface area contributed by atoms with Crippen LogP contribution in [-0.4, -0.2) is 48.9 Å². The molecule has 0 aliphatic carbocycles. The minimum Gasteiger partial charge on any atom is -0.346 e. The topological polar surface area (TPSA) is 52.6 Å². The van der Waals surface area contributed by atoms with E-state index in [9.17, 15) is 8.42 Å². The van der Waals surface area contributed by atoms with Gasteiger partial charge in [0.05, 0.1) is 4.90 Å². The summed E-state index contributed by atoms with van der Waals surface area (Å²) in [6.07, 6.45) is 0. The summed E-state index contributed by atoms with van der Waals surface area (Å²) in [6, 6.07) is 14.7. The Hall–Kier alpha value is -1.96. The van der Waals surface area contributed by atoms with Crippen LogP contribution in [0.1, 0.15) is 11.1 Å². The van der Waals surface area contributed by atoms with Crippen LogP contribution >= 0.6 is 12.2 Å². The van der Waals surface area contributed by atoms with E-state index in [1.54, 1.807) is 24.3 Å². The number of anilines is 1. The van der Waals surface area contributed by atoms with Gasteiger partial charge in [-0.3, -0.25) is 0 Å². The lowest BCUT2D eigenvalue weighted by Crippen LogP contribution is -2.51. The molecule has 1 heterocycles. The summed E-state index contributed by atoms with van der Waals surface area (Å²) in [5.41, 5.74) is 3.30. The van der Waals surface area contributed by atoms with Crippen molar-refractivity contribution in [3.63, 3.8) is 0 Å². The second kappa shape index (κ2) is 7.73. The molecule has 2 aromatic carbocycles. The number of thiocarbonyl (C=S) groups is 1. The van der Waals surface area contributed by atoms with Crippen LogP contribution in [-0.2, 0) is 10.0 Å². The van der Waals surface area contributed by atoms with Gasteiger partial charge in [0.25, 0.3) is 0 Å². The molecule has 0 amide bonds. The molecule has 7 heteroatoms. The largest absolute Gasteiger partial charge is 0.346 e. The van der Waals surface area contributed by atoms with E-state index in [1.165, 1.54) is 4.31 Å². The molecule has 1 aliphatic rings. The number of hydrogen-bond donors (Lipinski definition) is 1. The Morgan fingerprint density at radius 3 is 2.08 bits per heavy atom. The number of hydrogen-bond acceptors (Lipinski definition) is 3. The van der Waals surface area contributed by atoms with Crippen molar-refractivity contribution in [2.75, 3.05) is 31.5 Å². The Morgan fingerprint density at radius 2 is 1.50 bits per heavy atom. The number of nitrogens with one attached hydrogen (secondary N) is 1. The maximum absolute atomic E-state index is 12.7. The first-order valence-electron chi connectivity index (χ1n) is 8.57. The van der Waals surface area contributed by atoms with E-state index in [2.05, 4.69) is 5.32 Å². The van der Waals surface area contributed by atoms with Gasteiger partial charge in [-0.2, -0.15) is 4.31 Å². The lowest BCUT2D eigenvalue weighted by atomic mass is 10.1. The van der Waals surface area contributed by atoms with Gasteiger partial charge in [0.1, 0.15) is 0 Å². The molecule has 1 aliphatic heterocycles. The first-order chi connectivity index (χ1) is 12.4. The highest BCUT2D eigenvalue weighted by Gasteiger charge is 2.29. The van der Waals surface area contributed by atoms with Crippen molar-refractivity contribution in [1.29, 1.82) is 0 Å². The van der Waals surface area contributed by atoms with Crippen LogP contribution < -0.4 is 5.32 Å². The third kappa shape index (κ3) is 3.90. The number of piperazine rings is 1. The minimum atomic E-state index is -3.44. The second-order valence-electron chi connectivity index (χ2n) is 6.40. The van der Waals surface area contributed by atoms with Crippen LogP contribution in [0.5, 0.6) is 0 Å². The molecule has 0 bridgehead atoms. The molecule has 138 valence electrons. The normalized spacial score (nSPS) is 15.7. The lowest BCUT2D eigenvalue weighted by molar-refractivity contribution is 0.268. The summed E-state index contributed by atoms with van der Waals surface area (Å²) in [5.74, 6) is 0. The van der Waals surface area contributed by atoms with Gasteiger partial charge >= 0.3 is 0 Å². The molecule has 0 spiro atoms. The summed E-state index contributed by atoms with van der Waals surface area (Å²) < 4.78 is 26.9. The monoisotopic (exact) mass is 389 g/mol. The number of nitrogens with zero attached hydrogens (tertiary/aromatic N) is 2. The molecular formula is C19H23N3O2S2. The molecule has 1 N–H and O–H groups in total. The van der Waals surface area contributed by atoms with Crippen molar-refractivity contribution in [2.45, 2.75) is 18.7 Å². The molecule has 2 aromatic rings. The van der Waals surface area contributed by atoms with Crippen LogP contribution in [0, 0.1) is 13.8 Å². The van der Waals surface area contributed by atoms with Crippen molar-refractivity contribution in [2.24, 2.45) is 0 Å². The fraction of sp³-hybridized carbons (Fsp3) is 0.316. The van der Waals surface area contributed by atoms with Crippen molar-refractivity contribution in [3.8, 4) is 0 Å². The standard InChI is InChI=1S/C19H23N3O2S2/c1-15-7-6-8-16(2)18(15)20-19(25)21-11-13-22(14-12-21)26(23,24)17-9-4-3-5-10-17/h3-10H,11-14H2,1-2H3,(H,20,25).